The highest BCUT2D eigenvalue weighted by molar-refractivity contribution is 6.31. The summed E-state index contributed by atoms with van der Waals surface area (Å²) < 4.78 is 54.2. The van der Waals surface area contributed by atoms with E-state index < -0.39 is 11.7 Å². The number of benzene rings is 2. The third-order valence-electron chi connectivity index (χ3n) is 5.36. The van der Waals surface area contributed by atoms with Crippen LogP contribution in [0.2, 0.25) is 5.02 Å². The van der Waals surface area contributed by atoms with Crippen molar-refractivity contribution in [1.82, 2.24) is 24.1 Å². The zero-order valence-corrected chi connectivity index (χ0v) is 19.7. The van der Waals surface area contributed by atoms with Gasteiger partial charge in [-0.1, -0.05) is 23.7 Å². The molecular weight excluding hydrogens is 495 g/mol. The van der Waals surface area contributed by atoms with Gasteiger partial charge in [0.25, 0.3) is 0 Å². The number of ether oxygens (including phenoxy) is 2. The van der Waals surface area contributed by atoms with Gasteiger partial charge in [0.15, 0.2) is 0 Å². The van der Waals surface area contributed by atoms with Gasteiger partial charge in [-0.3, -0.25) is 9.08 Å². The topological polar surface area (TPSA) is 66.5 Å². The smallest absolute Gasteiger partial charge is 0.417 e. The Labute approximate surface area is 208 Å². The molecule has 0 aliphatic heterocycles. The van der Waals surface area contributed by atoms with E-state index in [1.807, 2.05) is 30.0 Å². The summed E-state index contributed by atoms with van der Waals surface area (Å²) in [6, 6.07) is 12.0. The Hall–Kier alpha value is -4.05. The van der Waals surface area contributed by atoms with Gasteiger partial charge in [-0.2, -0.15) is 23.3 Å². The molecule has 0 radical (unpaired) electrons. The Bertz CT molecular complexity index is 1510. The molecule has 0 bridgehead atoms. The quantitative estimate of drug-likeness (QED) is 0.263. The zero-order valence-electron chi connectivity index (χ0n) is 18.9. The molecule has 5 rings (SSSR count). The first-order valence-electron chi connectivity index (χ1n) is 10.8. The summed E-state index contributed by atoms with van der Waals surface area (Å²) in [5, 5.41) is 3.80. The molecule has 0 saturated heterocycles. The molecule has 2 aromatic carbocycles. The lowest BCUT2D eigenvalue weighted by Gasteiger charge is -2.12. The maximum absolute atomic E-state index is 13.1. The number of rotatable bonds is 7. The number of aryl methyl sites for hydroxylation is 1. The minimum absolute atomic E-state index is 0.0378. The molecule has 7 nitrogen and oxygen atoms in total. The first kappa shape index (κ1) is 23.7. The third-order valence-corrected chi connectivity index (χ3v) is 5.69. The molecule has 36 heavy (non-hydrogen) atoms. The van der Waals surface area contributed by atoms with Crippen LogP contribution in [0.3, 0.4) is 0 Å². The predicted molar refractivity (Wildman–Crippen MR) is 126 cm³/mol. The van der Waals surface area contributed by atoms with E-state index >= 15 is 0 Å². The Kier molecular flexibility index (Phi) is 6.27. The number of imidazole rings is 1. The van der Waals surface area contributed by atoms with Gasteiger partial charge in [-0.15, -0.1) is 0 Å². The van der Waals surface area contributed by atoms with E-state index in [0.29, 0.717) is 23.8 Å². The number of nitrogens with zero attached hydrogens (tertiary/aromatic N) is 5. The Morgan fingerprint density at radius 2 is 1.75 bits per heavy atom. The molecule has 0 fully saturated rings. The van der Waals surface area contributed by atoms with Crippen molar-refractivity contribution in [3.63, 3.8) is 0 Å². The summed E-state index contributed by atoms with van der Waals surface area (Å²) in [5.74, 6) is 1.36. The minimum atomic E-state index is -4.56. The molecule has 0 spiro atoms. The van der Waals surface area contributed by atoms with E-state index in [-0.39, 0.29) is 17.4 Å². The zero-order chi connectivity index (χ0) is 25.3. The van der Waals surface area contributed by atoms with Crippen LogP contribution in [-0.4, -0.2) is 24.1 Å². The minimum Gasteiger partial charge on any atom is -0.473 e. The summed E-state index contributed by atoms with van der Waals surface area (Å²) in [4.78, 5) is 8.81. The van der Waals surface area contributed by atoms with E-state index in [0.717, 1.165) is 29.0 Å². The molecule has 0 aliphatic carbocycles. The van der Waals surface area contributed by atoms with Crippen LogP contribution in [0, 0.1) is 0 Å². The van der Waals surface area contributed by atoms with Crippen LogP contribution in [0.5, 0.6) is 17.4 Å². The molecule has 0 aliphatic rings. The fourth-order valence-corrected chi connectivity index (χ4v) is 3.84. The van der Waals surface area contributed by atoms with Crippen molar-refractivity contribution in [2.24, 2.45) is 7.05 Å². The molecule has 0 atom stereocenters. The first-order chi connectivity index (χ1) is 17.2. The lowest BCUT2D eigenvalue weighted by Crippen LogP contribution is -2.05. The second-order valence-corrected chi connectivity index (χ2v) is 8.47. The van der Waals surface area contributed by atoms with Crippen LogP contribution < -0.4 is 9.47 Å². The van der Waals surface area contributed by atoms with Crippen molar-refractivity contribution in [2.45, 2.75) is 19.2 Å². The maximum atomic E-state index is 13.1. The summed E-state index contributed by atoms with van der Waals surface area (Å²) in [6.07, 6.45) is 3.52. The van der Waals surface area contributed by atoms with Crippen LogP contribution in [-0.2, 0) is 26.3 Å². The van der Waals surface area contributed by atoms with Gasteiger partial charge in [0, 0.05) is 37.6 Å². The summed E-state index contributed by atoms with van der Waals surface area (Å²) in [5.41, 5.74) is 1.94. The Morgan fingerprint density at radius 3 is 2.47 bits per heavy atom. The van der Waals surface area contributed by atoms with Gasteiger partial charge in [0.1, 0.15) is 18.1 Å². The summed E-state index contributed by atoms with van der Waals surface area (Å²) >= 11 is 5.65. The van der Waals surface area contributed by atoms with E-state index in [9.17, 15) is 13.2 Å². The second-order valence-electron chi connectivity index (χ2n) is 8.06. The summed E-state index contributed by atoms with van der Waals surface area (Å²) in [7, 11) is 1.87. The summed E-state index contributed by atoms with van der Waals surface area (Å²) in [6.45, 7) is 0.242. The fourth-order valence-electron chi connectivity index (χ4n) is 3.62. The molecule has 0 N–H and O–H groups in total. The Morgan fingerprint density at radius 1 is 0.972 bits per heavy atom. The standard InChI is InChI=1S/C25H19ClF3N5O2/c1-33-14-17(12-31-33)10-18-13-30-24-32-23(8-9-34(18)24)35-15-16-2-4-19(5-3-16)36-20-6-7-22(26)21(11-20)25(27,28)29/h2-9,11-14H,10,15H2,1H3. The van der Waals surface area contributed by atoms with Gasteiger partial charge in [-0.25, -0.2) is 4.98 Å². The lowest BCUT2D eigenvalue weighted by atomic mass is 10.2. The van der Waals surface area contributed by atoms with E-state index in [2.05, 4.69) is 15.1 Å². The maximum Gasteiger partial charge on any atom is 0.417 e. The number of hydrogen-bond donors (Lipinski definition) is 0. The van der Waals surface area contributed by atoms with Gasteiger partial charge < -0.3 is 9.47 Å². The highest BCUT2D eigenvalue weighted by Crippen LogP contribution is 2.37. The third kappa shape index (κ3) is 5.28. The normalized spacial score (nSPS) is 11.7. The highest BCUT2D eigenvalue weighted by Gasteiger charge is 2.33. The van der Waals surface area contributed by atoms with Crippen molar-refractivity contribution in [3.8, 4) is 17.4 Å². The van der Waals surface area contributed by atoms with E-state index in [1.54, 1.807) is 41.2 Å². The number of alkyl halides is 3. The first-order valence-corrected chi connectivity index (χ1v) is 11.2. The van der Waals surface area contributed by atoms with Crippen LogP contribution in [0.25, 0.3) is 5.78 Å². The molecule has 0 saturated carbocycles. The number of hydrogen-bond acceptors (Lipinski definition) is 5. The number of fused-ring (bicyclic) bond motifs is 1. The molecule has 0 amide bonds. The van der Waals surface area contributed by atoms with Crippen molar-refractivity contribution >= 4 is 17.4 Å². The van der Waals surface area contributed by atoms with Crippen molar-refractivity contribution in [2.75, 3.05) is 0 Å². The average molecular weight is 514 g/mol. The SMILES string of the molecule is Cn1cc(Cc2cnc3nc(OCc4ccc(Oc5ccc(Cl)c(C(F)(F)F)c5)cc4)ccn23)cn1. The molecule has 5 aromatic rings. The lowest BCUT2D eigenvalue weighted by molar-refractivity contribution is -0.137. The molecular formula is C25H19ClF3N5O2. The van der Waals surface area contributed by atoms with E-state index in [1.165, 1.54) is 6.07 Å². The fraction of sp³-hybridized carbons (Fsp3) is 0.160. The van der Waals surface area contributed by atoms with Crippen molar-refractivity contribution in [1.29, 1.82) is 0 Å². The number of halogens is 4. The van der Waals surface area contributed by atoms with Gasteiger partial charge >= 0.3 is 6.18 Å². The molecule has 11 heteroatoms. The predicted octanol–water partition coefficient (Wildman–Crippen LogP) is 6.10. The van der Waals surface area contributed by atoms with Crippen LogP contribution >= 0.6 is 11.6 Å². The van der Waals surface area contributed by atoms with Crippen molar-refractivity contribution in [3.05, 3.63) is 101 Å². The van der Waals surface area contributed by atoms with Crippen LogP contribution in [0.4, 0.5) is 13.2 Å². The monoisotopic (exact) mass is 513 g/mol. The molecule has 0 unspecified atom stereocenters. The molecule has 3 aromatic heterocycles. The molecule has 184 valence electrons. The van der Waals surface area contributed by atoms with Gasteiger partial charge in [0.2, 0.25) is 11.7 Å². The van der Waals surface area contributed by atoms with Crippen LogP contribution in [0.1, 0.15) is 22.4 Å². The Balaban J connectivity index is 1.21. The second kappa shape index (κ2) is 9.54. The largest absolute Gasteiger partial charge is 0.473 e. The van der Waals surface area contributed by atoms with Crippen LogP contribution in [0.15, 0.2) is 73.3 Å². The molecule has 3 heterocycles. The van der Waals surface area contributed by atoms with Gasteiger partial charge in [0.05, 0.1) is 23.0 Å². The van der Waals surface area contributed by atoms with Gasteiger partial charge in [-0.05, 0) is 41.5 Å². The van der Waals surface area contributed by atoms with E-state index in [4.69, 9.17) is 21.1 Å². The number of aromatic nitrogens is 5. The highest BCUT2D eigenvalue weighted by atomic mass is 35.5. The average Bonchev–Trinajstić information content (AvgIpc) is 3.44. The van der Waals surface area contributed by atoms with Crippen molar-refractivity contribution < 1.29 is 22.6 Å².